The zero-order valence-electron chi connectivity index (χ0n) is 12.7. The molecule has 0 spiro atoms. The number of hydrogen-bond acceptors (Lipinski definition) is 2. The lowest BCUT2D eigenvalue weighted by molar-refractivity contribution is -0.119. The van der Waals surface area contributed by atoms with Crippen LogP contribution in [0, 0.1) is 0 Å². The summed E-state index contributed by atoms with van der Waals surface area (Å²) in [5, 5.41) is 3.31. The van der Waals surface area contributed by atoms with Crippen molar-refractivity contribution in [3.8, 4) is 0 Å². The number of rotatable bonds is 5. The SMILES string of the molecule is NC(=O)[C@@H]1CC[C@H](c2ccc(CCc3ccccc3)cc2)N1. The van der Waals surface area contributed by atoms with Gasteiger partial charge in [-0.15, -0.1) is 0 Å². The summed E-state index contributed by atoms with van der Waals surface area (Å²) in [6.45, 7) is 0. The van der Waals surface area contributed by atoms with E-state index in [1.807, 2.05) is 6.07 Å². The number of nitrogens with two attached hydrogens (primary N) is 1. The van der Waals surface area contributed by atoms with Gasteiger partial charge in [-0.05, 0) is 42.4 Å². The van der Waals surface area contributed by atoms with E-state index in [-0.39, 0.29) is 18.0 Å². The van der Waals surface area contributed by atoms with Gasteiger partial charge in [-0.25, -0.2) is 0 Å². The standard InChI is InChI=1S/C19H22N2O/c20-19(22)18-13-12-17(21-18)16-10-8-15(9-11-16)7-6-14-4-2-1-3-5-14/h1-5,8-11,17-18,21H,6-7,12-13H2,(H2,20,22)/t17-,18+/m1/s1. The van der Waals surface area contributed by atoms with Crippen LogP contribution in [0.5, 0.6) is 0 Å². The normalized spacial score (nSPS) is 20.9. The molecular weight excluding hydrogens is 272 g/mol. The van der Waals surface area contributed by atoms with Crippen LogP contribution in [0.1, 0.15) is 35.6 Å². The fourth-order valence-corrected chi connectivity index (χ4v) is 3.08. The molecule has 1 saturated heterocycles. The van der Waals surface area contributed by atoms with Crippen molar-refractivity contribution in [1.29, 1.82) is 0 Å². The molecule has 2 aromatic rings. The maximum atomic E-state index is 11.2. The van der Waals surface area contributed by atoms with Gasteiger partial charge in [0.05, 0.1) is 6.04 Å². The molecular formula is C19H22N2O. The molecule has 114 valence electrons. The molecule has 3 rings (SSSR count). The third-order valence-corrected chi connectivity index (χ3v) is 4.42. The van der Waals surface area contributed by atoms with Gasteiger partial charge >= 0.3 is 0 Å². The first-order chi connectivity index (χ1) is 10.7. The molecule has 0 unspecified atom stereocenters. The van der Waals surface area contributed by atoms with Gasteiger partial charge in [0.1, 0.15) is 0 Å². The quantitative estimate of drug-likeness (QED) is 0.891. The first kappa shape index (κ1) is 14.8. The van der Waals surface area contributed by atoms with E-state index in [0.717, 1.165) is 25.7 Å². The van der Waals surface area contributed by atoms with Crippen LogP contribution in [0.4, 0.5) is 0 Å². The van der Waals surface area contributed by atoms with Gasteiger partial charge in [0.2, 0.25) is 5.91 Å². The van der Waals surface area contributed by atoms with Gasteiger partial charge in [0.25, 0.3) is 0 Å². The molecule has 2 aromatic carbocycles. The molecule has 0 aromatic heterocycles. The van der Waals surface area contributed by atoms with Crippen molar-refractivity contribution in [2.75, 3.05) is 0 Å². The Morgan fingerprint density at radius 2 is 1.59 bits per heavy atom. The van der Waals surface area contributed by atoms with E-state index in [9.17, 15) is 4.79 Å². The Kier molecular flexibility index (Phi) is 4.54. The van der Waals surface area contributed by atoms with Crippen molar-refractivity contribution in [1.82, 2.24) is 5.32 Å². The summed E-state index contributed by atoms with van der Waals surface area (Å²) in [7, 11) is 0. The molecule has 3 N–H and O–H groups in total. The van der Waals surface area contributed by atoms with Crippen LogP contribution in [-0.2, 0) is 17.6 Å². The van der Waals surface area contributed by atoms with Crippen LogP contribution in [0.15, 0.2) is 54.6 Å². The van der Waals surface area contributed by atoms with Gasteiger partial charge in [-0.1, -0.05) is 54.6 Å². The predicted molar refractivity (Wildman–Crippen MR) is 88.4 cm³/mol. The van der Waals surface area contributed by atoms with E-state index in [1.54, 1.807) is 0 Å². The van der Waals surface area contributed by atoms with E-state index in [1.165, 1.54) is 16.7 Å². The number of carbonyl (C=O) groups is 1. The second-order valence-electron chi connectivity index (χ2n) is 5.98. The highest BCUT2D eigenvalue weighted by atomic mass is 16.1. The van der Waals surface area contributed by atoms with E-state index in [2.05, 4.69) is 53.8 Å². The maximum absolute atomic E-state index is 11.2. The summed E-state index contributed by atoms with van der Waals surface area (Å²) in [6, 6.07) is 19.3. The number of amides is 1. The first-order valence-corrected chi connectivity index (χ1v) is 7.90. The molecule has 0 bridgehead atoms. The Morgan fingerprint density at radius 3 is 2.18 bits per heavy atom. The largest absolute Gasteiger partial charge is 0.368 e. The molecule has 22 heavy (non-hydrogen) atoms. The molecule has 1 aliphatic heterocycles. The Labute approximate surface area is 131 Å². The number of carbonyl (C=O) groups excluding carboxylic acids is 1. The number of aryl methyl sites for hydroxylation is 2. The summed E-state index contributed by atoms with van der Waals surface area (Å²) in [6.07, 6.45) is 3.91. The molecule has 1 heterocycles. The highest BCUT2D eigenvalue weighted by Crippen LogP contribution is 2.26. The van der Waals surface area contributed by atoms with Crippen molar-refractivity contribution in [3.05, 3.63) is 71.3 Å². The number of benzene rings is 2. The lowest BCUT2D eigenvalue weighted by Crippen LogP contribution is -2.37. The van der Waals surface area contributed by atoms with Gasteiger partial charge < -0.3 is 5.73 Å². The maximum Gasteiger partial charge on any atom is 0.234 e. The van der Waals surface area contributed by atoms with Crippen LogP contribution < -0.4 is 11.1 Å². The Balaban J connectivity index is 1.58. The van der Waals surface area contributed by atoms with Crippen molar-refractivity contribution >= 4 is 5.91 Å². The second-order valence-corrected chi connectivity index (χ2v) is 5.98. The predicted octanol–water partition coefficient (Wildman–Crippen LogP) is 2.75. The van der Waals surface area contributed by atoms with Crippen LogP contribution in [0.3, 0.4) is 0 Å². The molecule has 0 aliphatic carbocycles. The van der Waals surface area contributed by atoms with Crippen molar-refractivity contribution in [2.24, 2.45) is 5.73 Å². The van der Waals surface area contributed by atoms with E-state index in [0.29, 0.717) is 0 Å². The average molecular weight is 294 g/mol. The molecule has 1 aliphatic rings. The number of hydrogen-bond donors (Lipinski definition) is 2. The Bertz CT molecular complexity index is 622. The van der Waals surface area contributed by atoms with E-state index in [4.69, 9.17) is 5.73 Å². The minimum atomic E-state index is -0.248. The third kappa shape index (κ3) is 3.55. The van der Waals surface area contributed by atoms with Crippen LogP contribution in [0.25, 0.3) is 0 Å². The van der Waals surface area contributed by atoms with Crippen LogP contribution in [0.2, 0.25) is 0 Å². The second kappa shape index (κ2) is 6.75. The van der Waals surface area contributed by atoms with Gasteiger partial charge in [0.15, 0.2) is 0 Å². The number of nitrogens with one attached hydrogen (secondary N) is 1. The summed E-state index contributed by atoms with van der Waals surface area (Å²) in [5.74, 6) is -0.248. The van der Waals surface area contributed by atoms with Crippen molar-refractivity contribution < 1.29 is 4.79 Å². The molecule has 1 amide bonds. The fourth-order valence-electron chi connectivity index (χ4n) is 3.08. The smallest absolute Gasteiger partial charge is 0.234 e. The Morgan fingerprint density at radius 1 is 0.955 bits per heavy atom. The monoisotopic (exact) mass is 294 g/mol. The highest BCUT2D eigenvalue weighted by Gasteiger charge is 2.28. The molecule has 2 atom stereocenters. The first-order valence-electron chi connectivity index (χ1n) is 7.90. The molecule has 3 nitrogen and oxygen atoms in total. The molecule has 0 radical (unpaired) electrons. The summed E-state index contributed by atoms with van der Waals surface area (Å²) in [4.78, 5) is 11.2. The van der Waals surface area contributed by atoms with Crippen molar-refractivity contribution in [3.63, 3.8) is 0 Å². The zero-order valence-corrected chi connectivity index (χ0v) is 12.7. The molecule has 3 heteroatoms. The minimum Gasteiger partial charge on any atom is -0.368 e. The van der Waals surface area contributed by atoms with Crippen LogP contribution in [-0.4, -0.2) is 11.9 Å². The summed E-state index contributed by atoms with van der Waals surface area (Å²) >= 11 is 0. The molecule has 0 saturated carbocycles. The van der Waals surface area contributed by atoms with Gasteiger partial charge in [-0.2, -0.15) is 0 Å². The fraction of sp³-hybridized carbons (Fsp3) is 0.316. The third-order valence-electron chi connectivity index (χ3n) is 4.42. The minimum absolute atomic E-state index is 0.178. The topological polar surface area (TPSA) is 55.1 Å². The van der Waals surface area contributed by atoms with Crippen molar-refractivity contribution in [2.45, 2.75) is 37.8 Å². The molecule has 1 fully saturated rings. The van der Waals surface area contributed by atoms with Crippen LogP contribution >= 0.6 is 0 Å². The average Bonchev–Trinajstić information content (AvgIpc) is 3.05. The van der Waals surface area contributed by atoms with E-state index < -0.39 is 0 Å². The van der Waals surface area contributed by atoms with Gasteiger partial charge in [0, 0.05) is 6.04 Å². The zero-order chi connectivity index (χ0) is 15.4. The highest BCUT2D eigenvalue weighted by molar-refractivity contribution is 5.80. The number of primary amides is 1. The lowest BCUT2D eigenvalue weighted by atomic mass is 10.00. The summed E-state index contributed by atoms with van der Waals surface area (Å²) in [5.41, 5.74) is 9.31. The lowest BCUT2D eigenvalue weighted by Gasteiger charge is -2.13. The van der Waals surface area contributed by atoms with Gasteiger partial charge in [-0.3, -0.25) is 10.1 Å². The Hall–Kier alpha value is -2.13. The summed E-state index contributed by atoms with van der Waals surface area (Å²) < 4.78 is 0. The van der Waals surface area contributed by atoms with E-state index >= 15 is 0 Å².